The highest BCUT2D eigenvalue weighted by atomic mass is 16.2. The summed E-state index contributed by atoms with van der Waals surface area (Å²) in [6.07, 6.45) is 7.36. The van der Waals surface area contributed by atoms with Crippen LogP contribution in [0.3, 0.4) is 0 Å². The third-order valence-electron chi connectivity index (χ3n) is 3.61. The van der Waals surface area contributed by atoms with Gasteiger partial charge in [-0.3, -0.25) is 19.8 Å². The quantitative estimate of drug-likeness (QED) is 0.316. The zero-order chi connectivity index (χ0) is 17.1. The molecule has 0 aromatic heterocycles. The molecule has 2 unspecified atom stereocenters. The Kier molecular flexibility index (Phi) is 8.94. The Bertz CT molecular complexity index is 449. The van der Waals surface area contributed by atoms with E-state index in [1.165, 1.54) is 0 Å². The topological polar surface area (TPSA) is 118 Å². The van der Waals surface area contributed by atoms with Gasteiger partial charge in [-0.1, -0.05) is 0 Å². The van der Waals surface area contributed by atoms with Crippen LogP contribution in [0.2, 0.25) is 0 Å². The first-order chi connectivity index (χ1) is 11.0. The number of nitrogens with two attached hydrogens (primary N) is 2. The summed E-state index contributed by atoms with van der Waals surface area (Å²) in [4.78, 5) is 24.7. The first kappa shape index (κ1) is 19.1. The molecular formula is C16H30N6O. The second kappa shape index (κ2) is 10.7. The number of amides is 1. The highest BCUT2D eigenvalue weighted by Gasteiger charge is 2.23. The standard InChI is InChI=1S/C16H30N6O/c1-12(17)19-9-5-3-7-14-11-21-15(16(23)22-14)8-4-6-10-20-13(2)18/h11,14-15H,3-10H2,1-2H3,(H2,17,19)(H2,18,20)(H,22,23). The van der Waals surface area contributed by atoms with Crippen molar-refractivity contribution < 1.29 is 4.79 Å². The van der Waals surface area contributed by atoms with E-state index < -0.39 is 0 Å². The Balaban J connectivity index is 2.20. The normalized spacial score (nSPS) is 22.3. The molecule has 0 spiro atoms. The molecular weight excluding hydrogens is 292 g/mol. The summed E-state index contributed by atoms with van der Waals surface area (Å²) in [5, 5.41) is 3.03. The van der Waals surface area contributed by atoms with Crippen molar-refractivity contribution in [1.82, 2.24) is 5.32 Å². The van der Waals surface area contributed by atoms with Crippen LogP contribution in [0, 0.1) is 0 Å². The lowest BCUT2D eigenvalue weighted by molar-refractivity contribution is -0.123. The van der Waals surface area contributed by atoms with Crippen molar-refractivity contribution in [1.29, 1.82) is 0 Å². The Morgan fingerprint density at radius 2 is 1.65 bits per heavy atom. The minimum atomic E-state index is -0.251. The predicted molar refractivity (Wildman–Crippen MR) is 96.2 cm³/mol. The van der Waals surface area contributed by atoms with Crippen molar-refractivity contribution >= 4 is 23.8 Å². The lowest BCUT2D eigenvalue weighted by Crippen LogP contribution is -2.45. The molecule has 1 rings (SSSR count). The monoisotopic (exact) mass is 322 g/mol. The largest absolute Gasteiger partial charge is 0.388 e. The number of carbonyl (C=O) groups is 1. The second-order valence-electron chi connectivity index (χ2n) is 5.97. The van der Waals surface area contributed by atoms with E-state index in [-0.39, 0.29) is 18.0 Å². The van der Waals surface area contributed by atoms with Crippen LogP contribution in [0.25, 0.3) is 0 Å². The van der Waals surface area contributed by atoms with Crippen LogP contribution >= 0.6 is 0 Å². The number of hydrogen-bond donors (Lipinski definition) is 3. The molecule has 0 aliphatic carbocycles. The molecule has 1 aliphatic heterocycles. The molecule has 2 atom stereocenters. The highest BCUT2D eigenvalue weighted by Crippen LogP contribution is 2.11. The van der Waals surface area contributed by atoms with Crippen LogP contribution in [0.4, 0.5) is 0 Å². The van der Waals surface area contributed by atoms with Crippen molar-refractivity contribution in [2.24, 2.45) is 26.4 Å². The van der Waals surface area contributed by atoms with E-state index in [0.29, 0.717) is 18.2 Å². The van der Waals surface area contributed by atoms with E-state index >= 15 is 0 Å². The molecule has 0 aromatic rings. The molecule has 0 aromatic carbocycles. The molecule has 0 radical (unpaired) electrons. The Morgan fingerprint density at radius 1 is 1.09 bits per heavy atom. The first-order valence-corrected chi connectivity index (χ1v) is 8.35. The first-order valence-electron chi connectivity index (χ1n) is 8.35. The number of nitrogens with zero attached hydrogens (tertiary/aromatic N) is 3. The van der Waals surface area contributed by atoms with Gasteiger partial charge in [-0.05, 0) is 52.4 Å². The maximum Gasteiger partial charge on any atom is 0.245 e. The molecule has 5 N–H and O–H groups in total. The van der Waals surface area contributed by atoms with Crippen LogP contribution < -0.4 is 16.8 Å². The third kappa shape index (κ3) is 8.95. The molecule has 23 heavy (non-hydrogen) atoms. The van der Waals surface area contributed by atoms with E-state index in [2.05, 4.69) is 20.3 Å². The van der Waals surface area contributed by atoms with Gasteiger partial charge in [0.25, 0.3) is 0 Å². The van der Waals surface area contributed by atoms with Crippen molar-refractivity contribution in [2.45, 2.75) is 64.5 Å². The molecule has 1 heterocycles. The number of unbranched alkanes of at least 4 members (excludes halogenated alkanes) is 2. The van der Waals surface area contributed by atoms with Gasteiger partial charge in [0.1, 0.15) is 6.04 Å². The minimum Gasteiger partial charge on any atom is -0.388 e. The average Bonchev–Trinajstić information content (AvgIpc) is 2.47. The summed E-state index contributed by atoms with van der Waals surface area (Å²) in [6, 6.07) is -0.204. The maximum absolute atomic E-state index is 12.0. The van der Waals surface area contributed by atoms with Gasteiger partial charge in [0, 0.05) is 19.3 Å². The Labute approximate surface area is 138 Å². The van der Waals surface area contributed by atoms with Gasteiger partial charge in [-0.25, -0.2) is 0 Å². The summed E-state index contributed by atoms with van der Waals surface area (Å²) in [5.74, 6) is 1.26. The molecule has 0 saturated carbocycles. The molecule has 1 amide bonds. The van der Waals surface area contributed by atoms with Crippen molar-refractivity contribution in [3.05, 3.63) is 0 Å². The maximum atomic E-state index is 12.0. The lowest BCUT2D eigenvalue weighted by Gasteiger charge is -2.23. The average molecular weight is 322 g/mol. The number of rotatable bonds is 10. The number of carbonyl (C=O) groups excluding carboxylic acids is 1. The van der Waals surface area contributed by atoms with E-state index in [4.69, 9.17) is 11.5 Å². The van der Waals surface area contributed by atoms with Gasteiger partial charge in [-0.2, -0.15) is 0 Å². The van der Waals surface area contributed by atoms with Gasteiger partial charge in [0.15, 0.2) is 0 Å². The lowest BCUT2D eigenvalue weighted by atomic mass is 10.0. The van der Waals surface area contributed by atoms with Crippen molar-refractivity contribution in [2.75, 3.05) is 13.1 Å². The number of aliphatic imine (C=N–C) groups is 3. The van der Waals surface area contributed by atoms with E-state index in [0.717, 1.165) is 45.1 Å². The number of hydrogen-bond acceptors (Lipinski definition) is 4. The van der Waals surface area contributed by atoms with E-state index in [1.54, 1.807) is 13.8 Å². The summed E-state index contributed by atoms with van der Waals surface area (Å²) in [7, 11) is 0. The van der Waals surface area contributed by atoms with Gasteiger partial charge in [0.05, 0.1) is 17.7 Å². The fraction of sp³-hybridized carbons (Fsp3) is 0.750. The van der Waals surface area contributed by atoms with E-state index in [1.807, 2.05) is 6.21 Å². The fourth-order valence-electron chi connectivity index (χ4n) is 2.38. The van der Waals surface area contributed by atoms with Gasteiger partial charge < -0.3 is 16.8 Å². The van der Waals surface area contributed by atoms with Crippen LogP contribution in [0.1, 0.15) is 52.4 Å². The fourth-order valence-corrected chi connectivity index (χ4v) is 2.38. The van der Waals surface area contributed by atoms with Crippen molar-refractivity contribution in [3.63, 3.8) is 0 Å². The highest BCUT2D eigenvalue weighted by molar-refractivity contribution is 5.89. The summed E-state index contributed by atoms with van der Waals surface area (Å²) >= 11 is 0. The molecule has 7 nitrogen and oxygen atoms in total. The summed E-state index contributed by atoms with van der Waals surface area (Å²) in [6.45, 7) is 5.03. The zero-order valence-corrected chi connectivity index (χ0v) is 14.3. The van der Waals surface area contributed by atoms with Gasteiger partial charge in [-0.15, -0.1) is 0 Å². The van der Waals surface area contributed by atoms with Crippen LogP contribution in [-0.2, 0) is 4.79 Å². The number of nitrogens with one attached hydrogen (secondary N) is 1. The van der Waals surface area contributed by atoms with E-state index in [9.17, 15) is 4.79 Å². The Hall–Kier alpha value is -1.92. The van der Waals surface area contributed by atoms with Crippen LogP contribution in [0.5, 0.6) is 0 Å². The molecule has 0 bridgehead atoms. The SMILES string of the molecule is CC(N)=NCCCCC1C=NC(CCCCN=C(C)N)C(=O)N1. The summed E-state index contributed by atoms with van der Waals surface area (Å²) in [5.41, 5.74) is 11.0. The molecule has 0 fully saturated rings. The van der Waals surface area contributed by atoms with Crippen molar-refractivity contribution in [3.8, 4) is 0 Å². The third-order valence-corrected chi connectivity index (χ3v) is 3.61. The smallest absolute Gasteiger partial charge is 0.245 e. The minimum absolute atomic E-state index is 0.0341. The predicted octanol–water partition coefficient (Wildman–Crippen LogP) is 1.02. The Morgan fingerprint density at radius 3 is 2.17 bits per heavy atom. The van der Waals surface area contributed by atoms with Crippen LogP contribution in [-0.4, -0.2) is 49.0 Å². The van der Waals surface area contributed by atoms with Gasteiger partial charge >= 0.3 is 0 Å². The molecule has 7 heteroatoms. The second-order valence-corrected chi connectivity index (χ2v) is 5.97. The zero-order valence-electron chi connectivity index (χ0n) is 14.3. The molecule has 1 aliphatic rings. The molecule has 130 valence electrons. The molecule has 0 saturated heterocycles. The summed E-state index contributed by atoms with van der Waals surface area (Å²) < 4.78 is 0. The number of amidine groups is 2. The van der Waals surface area contributed by atoms with Gasteiger partial charge in [0.2, 0.25) is 5.91 Å². The van der Waals surface area contributed by atoms with Crippen LogP contribution in [0.15, 0.2) is 15.0 Å².